The minimum Gasteiger partial charge on any atom is -0.394 e. The average Bonchev–Trinajstić information content (AvgIpc) is 2.56. The van der Waals surface area contributed by atoms with Crippen LogP contribution in [-0.2, 0) is 25.6 Å². The maximum Gasteiger partial charge on any atom is 0.100 e. The van der Waals surface area contributed by atoms with Crippen molar-refractivity contribution in [3.05, 3.63) is 35.9 Å². The van der Waals surface area contributed by atoms with Gasteiger partial charge in [0, 0.05) is 0 Å². The van der Waals surface area contributed by atoms with Crippen LogP contribution in [0.2, 0.25) is 0 Å². The summed E-state index contributed by atoms with van der Waals surface area (Å²) in [4.78, 5) is 0. The number of ether oxygens (including phenoxy) is 4. The topological polar surface area (TPSA) is 77.4 Å². The number of rotatable bonds is 14. The van der Waals surface area contributed by atoms with Gasteiger partial charge in [0.05, 0.1) is 59.5 Å². The van der Waals surface area contributed by atoms with Gasteiger partial charge in [0.25, 0.3) is 0 Å². The highest BCUT2D eigenvalue weighted by Crippen LogP contribution is 1.99. The SMILES string of the molecule is OCC(O)COCCOCCOCCOCc1ccccc1. The highest BCUT2D eigenvalue weighted by atomic mass is 16.6. The summed E-state index contributed by atoms with van der Waals surface area (Å²) < 4.78 is 21.2. The van der Waals surface area contributed by atoms with Crippen molar-refractivity contribution in [1.82, 2.24) is 0 Å². The Labute approximate surface area is 131 Å². The highest BCUT2D eigenvalue weighted by molar-refractivity contribution is 5.13. The zero-order chi connectivity index (χ0) is 15.9. The van der Waals surface area contributed by atoms with E-state index in [2.05, 4.69) is 0 Å². The third-order valence-corrected chi connectivity index (χ3v) is 2.75. The van der Waals surface area contributed by atoms with Gasteiger partial charge in [0.15, 0.2) is 0 Å². The highest BCUT2D eigenvalue weighted by Gasteiger charge is 2.00. The Morgan fingerprint density at radius 2 is 1.32 bits per heavy atom. The fraction of sp³-hybridized carbons (Fsp3) is 0.625. The largest absolute Gasteiger partial charge is 0.394 e. The van der Waals surface area contributed by atoms with E-state index in [1.54, 1.807) is 0 Å². The lowest BCUT2D eigenvalue weighted by Crippen LogP contribution is -2.21. The van der Waals surface area contributed by atoms with Crippen LogP contribution in [0.4, 0.5) is 0 Å². The van der Waals surface area contributed by atoms with Gasteiger partial charge in [-0.1, -0.05) is 30.3 Å². The van der Waals surface area contributed by atoms with E-state index in [-0.39, 0.29) is 13.2 Å². The number of benzene rings is 1. The smallest absolute Gasteiger partial charge is 0.100 e. The Kier molecular flexibility index (Phi) is 11.8. The van der Waals surface area contributed by atoms with Gasteiger partial charge >= 0.3 is 0 Å². The second-order valence-electron chi connectivity index (χ2n) is 4.67. The van der Waals surface area contributed by atoms with Crippen LogP contribution in [0.25, 0.3) is 0 Å². The molecule has 0 aliphatic rings. The molecule has 1 aromatic carbocycles. The molecular weight excluding hydrogens is 288 g/mol. The van der Waals surface area contributed by atoms with Crippen LogP contribution in [0, 0.1) is 0 Å². The van der Waals surface area contributed by atoms with E-state index in [0.717, 1.165) is 5.56 Å². The molecule has 0 amide bonds. The van der Waals surface area contributed by atoms with Gasteiger partial charge < -0.3 is 29.2 Å². The molecular formula is C16H26O6. The summed E-state index contributed by atoms with van der Waals surface area (Å²) in [5.41, 5.74) is 1.15. The third-order valence-electron chi connectivity index (χ3n) is 2.75. The number of hydrogen-bond donors (Lipinski definition) is 2. The second kappa shape index (κ2) is 13.6. The van der Waals surface area contributed by atoms with Crippen LogP contribution in [0.5, 0.6) is 0 Å². The Morgan fingerprint density at radius 1 is 0.773 bits per heavy atom. The van der Waals surface area contributed by atoms with E-state index in [4.69, 9.17) is 29.2 Å². The predicted molar refractivity (Wildman–Crippen MR) is 81.6 cm³/mol. The van der Waals surface area contributed by atoms with Crippen molar-refractivity contribution in [2.45, 2.75) is 12.7 Å². The summed E-state index contributed by atoms with van der Waals surface area (Å²) in [6, 6.07) is 10.0. The molecule has 0 saturated carbocycles. The van der Waals surface area contributed by atoms with Gasteiger partial charge in [-0.25, -0.2) is 0 Å². The summed E-state index contributed by atoms with van der Waals surface area (Å²) in [6.07, 6.45) is -0.820. The first-order valence-corrected chi connectivity index (χ1v) is 7.46. The van der Waals surface area contributed by atoms with Crippen molar-refractivity contribution in [2.75, 3.05) is 52.9 Å². The average molecular weight is 314 g/mol. The van der Waals surface area contributed by atoms with Crippen molar-refractivity contribution < 1.29 is 29.2 Å². The molecule has 0 bridgehead atoms. The van der Waals surface area contributed by atoms with Gasteiger partial charge in [-0.3, -0.25) is 0 Å². The molecule has 0 saturated heterocycles. The minimum absolute atomic E-state index is 0.120. The molecule has 22 heavy (non-hydrogen) atoms. The van der Waals surface area contributed by atoms with Crippen molar-refractivity contribution in [3.63, 3.8) is 0 Å². The van der Waals surface area contributed by atoms with E-state index in [1.165, 1.54) is 0 Å². The molecule has 0 aromatic heterocycles. The number of aliphatic hydroxyl groups excluding tert-OH is 2. The molecule has 1 rings (SSSR count). The summed E-state index contributed by atoms with van der Waals surface area (Å²) >= 11 is 0. The van der Waals surface area contributed by atoms with Crippen molar-refractivity contribution in [2.24, 2.45) is 0 Å². The Balaban J connectivity index is 1.77. The van der Waals surface area contributed by atoms with Gasteiger partial charge in [-0.2, -0.15) is 0 Å². The van der Waals surface area contributed by atoms with Crippen LogP contribution in [-0.4, -0.2) is 69.2 Å². The van der Waals surface area contributed by atoms with Gasteiger partial charge in [0.1, 0.15) is 6.10 Å². The molecule has 0 spiro atoms. The summed E-state index contributed by atoms with van der Waals surface area (Å²) in [6.45, 7) is 3.34. The molecule has 6 heteroatoms. The fourth-order valence-electron chi connectivity index (χ4n) is 1.59. The van der Waals surface area contributed by atoms with E-state index in [0.29, 0.717) is 46.2 Å². The Hall–Kier alpha value is -1.02. The number of hydrogen-bond acceptors (Lipinski definition) is 6. The summed E-state index contributed by atoms with van der Waals surface area (Å²) in [7, 11) is 0. The van der Waals surface area contributed by atoms with Crippen LogP contribution < -0.4 is 0 Å². The molecule has 2 N–H and O–H groups in total. The molecule has 0 heterocycles. The zero-order valence-electron chi connectivity index (χ0n) is 12.9. The molecule has 6 nitrogen and oxygen atoms in total. The third kappa shape index (κ3) is 10.7. The minimum atomic E-state index is -0.820. The maximum absolute atomic E-state index is 9.03. The molecule has 0 radical (unpaired) electrons. The molecule has 1 aromatic rings. The zero-order valence-corrected chi connectivity index (χ0v) is 12.9. The standard InChI is InChI=1S/C16H26O6/c17-12-16(18)14-22-11-9-20-7-6-19-8-10-21-13-15-4-2-1-3-5-15/h1-5,16-18H,6-14H2. The molecule has 1 unspecified atom stereocenters. The first-order valence-electron chi connectivity index (χ1n) is 7.46. The molecule has 126 valence electrons. The molecule has 0 fully saturated rings. The predicted octanol–water partition coefficient (Wildman–Crippen LogP) is 0.606. The molecule has 1 atom stereocenters. The van der Waals surface area contributed by atoms with Gasteiger partial charge in [-0.15, -0.1) is 0 Å². The fourth-order valence-corrected chi connectivity index (χ4v) is 1.59. The van der Waals surface area contributed by atoms with Crippen LogP contribution in [0.3, 0.4) is 0 Å². The molecule has 0 aliphatic heterocycles. The van der Waals surface area contributed by atoms with E-state index >= 15 is 0 Å². The Morgan fingerprint density at radius 3 is 1.91 bits per heavy atom. The van der Waals surface area contributed by atoms with Crippen molar-refractivity contribution in [3.8, 4) is 0 Å². The molecule has 0 aliphatic carbocycles. The van der Waals surface area contributed by atoms with Gasteiger partial charge in [0.2, 0.25) is 0 Å². The van der Waals surface area contributed by atoms with Crippen LogP contribution in [0.15, 0.2) is 30.3 Å². The van der Waals surface area contributed by atoms with Crippen molar-refractivity contribution >= 4 is 0 Å². The lowest BCUT2D eigenvalue weighted by atomic mass is 10.2. The summed E-state index contributed by atoms with van der Waals surface area (Å²) in [5.74, 6) is 0. The van der Waals surface area contributed by atoms with E-state index in [9.17, 15) is 0 Å². The van der Waals surface area contributed by atoms with Gasteiger partial charge in [-0.05, 0) is 5.56 Å². The lowest BCUT2D eigenvalue weighted by Gasteiger charge is -2.09. The quantitative estimate of drug-likeness (QED) is 0.490. The normalized spacial score (nSPS) is 12.5. The Bertz CT molecular complexity index is 346. The maximum atomic E-state index is 9.03. The first kappa shape index (κ1) is 19.0. The van der Waals surface area contributed by atoms with E-state index in [1.807, 2.05) is 30.3 Å². The lowest BCUT2D eigenvalue weighted by molar-refractivity contribution is -0.0273. The van der Waals surface area contributed by atoms with Crippen LogP contribution in [0.1, 0.15) is 5.56 Å². The van der Waals surface area contributed by atoms with E-state index < -0.39 is 6.10 Å². The second-order valence-corrected chi connectivity index (χ2v) is 4.67. The monoisotopic (exact) mass is 314 g/mol. The van der Waals surface area contributed by atoms with Crippen LogP contribution >= 0.6 is 0 Å². The van der Waals surface area contributed by atoms with Crippen molar-refractivity contribution in [1.29, 1.82) is 0 Å². The summed E-state index contributed by atoms with van der Waals surface area (Å²) in [5, 5.41) is 17.6. The number of aliphatic hydroxyl groups is 2. The first-order chi connectivity index (χ1) is 10.8.